The normalized spacial score (nSPS) is 12.1. The van der Waals surface area contributed by atoms with Crippen LogP contribution in [0, 0.1) is 18.3 Å². The van der Waals surface area contributed by atoms with Gasteiger partial charge in [0.2, 0.25) is 0 Å². The second-order valence-corrected chi connectivity index (χ2v) is 3.80. The van der Waals surface area contributed by atoms with Crippen molar-refractivity contribution in [1.29, 1.82) is 5.26 Å². The predicted molar refractivity (Wildman–Crippen MR) is 62.9 cm³/mol. The third-order valence-electron chi connectivity index (χ3n) is 2.42. The van der Waals surface area contributed by atoms with Crippen molar-refractivity contribution in [3.05, 3.63) is 40.2 Å². The molecule has 0 fully saturated rings. The molecule has 2 rings (SSSR count). The summed E-state index contributed by atoms with van der Waals surface area (Å²) in [7, 11) is 0. The summed E-state index contributed by atoms with van der Waals surface area (Å²) in [6.07, 6.45) is -0.538. The first-order chi connectivity index (χ1) is 8.10. The minimum Gasteiger partial charge on any atom is -0.476 e. The lowest BCUT2D eigenvalue weighted by Crippen LogP contribution is -2.08. The van der Waals surface area contributed by atoms with Gasteiger partial charge in [-0.2, -0.15) is 5.26 Å². The molecular formula is C13H11NO3. The van der Waals surface area contributed by atoms with Crippen molar-refractivity contribution in [2.45, 2.75) is 20.0 Å². The van der Waals surface area contributed by atoms with Crippen molar-refractivity contribution in [1.82, 2.24) is 0 Å². The van der Waals surface area contributed by atoms with E-state index < -0.39 is 6.10 Å². The number of rotatable bonds is 2. The van der Waals surface area contributed by atoms with Crippen molar-refractivity contribution >= 4 is 11.0 Å². The molecule has 0 bridgehead atoms. The number of nitriles is 1. The minimum absolute atomic E-state index is 0.388. The molecule has 0 aliphatic heterocycles. The van der Waals surface area contributed by atoms with E-state index in [1.807, 2.05) is 19.1 Å². The van der Waals surface area contributed by atoms with Crippen LogP contribution in [0.15, 0.2) is 33.5 Å². The highest BCUT2D eigenvalue weighted by molar-refractivity contribution is 5.81. The van der Waals surface area contributed by atoms with Crippen molar-refractivity contribution in [2.75, 3.05) is 0 Å². The summed E-state index contributed by atoms with van der Waals surface area (Å²) >= 11 is 0. The average molecular weight is 229 g/mol. The molecule has 86 valence electrons. The van der Waals surface area contributed by atoms with Gasteiger partial charge in [-0.05, 0) is 31.5 Å². The summed E-state index contributed by atoms with van der Waals surface area (Å²) in [6, 6.07) is 8.60. The molecule has 0 saturated carbocycles. The number of fused-ring (bicyclic) bond motifs is 1. The average Bonchev–Trinajstić information content (AvgIpc) is 2.28. The zero-order valence-corrected chi connectivity index (χ0v) is 9.56. The van der Waals surface area contributed by atoms with Crippen LogP contribution in [0.4, 0.5) is 0 Å². The molecule has 0 N–H and O–H groups in total. The van der Waals surface area contributed by atoms with Crippen LogP contribution in [0.2, 0.25) is 0 Å². The van der Waals surface area contributed by atoms with E-state index >= 15 is 0 Å². The zero-order valence-electron chi connectivity index (χ0n) is 9.56. The number of nitrogens with zero attached hydrogens (tertiary/aromatic N) is 1. The van der Waals surface area contributed by atoms with Crippen LogP contribution in [0.5, 0.6) is 5.75 Å². The highest BCUT2D eigenvalue weighted by Crippen LogP contribution is 2.22. The Morgan fingerprint density at radius 1 is 1.41 bits per heavy atom. The van der Waals surface area contributed by atoms with Crippen molar-refractivity contribution < 1.29 is 9.15 Å². The smallest absolute Gasteiger partial charge is 0.336 e. The molecule has 4 heteroatoms. The van der Waals surface area contributed by atoms with Crippen LogP contribution in [0.1, 0.15) is 12.5 Å². The van der Waals surface area contributed by atoms with Crippen LogP contribution in [-0.2, 0) is 0 Å². The highest BCUT2D eigenvalue weighted by Gasteiger charge is 2.06. The molecule has 4 nitrogen and oxygen atoms in total. The number of benzene rings is 1. The maximum Gasteiger partial charge on any atom is 0.336 e. The van der Waals surface area contributed by atoms with Gasteiger partial charge in [0.15, 0.2) is 6.10 Å². The topological polar surface area (TPSA) is 63.2 Å². The van der Waals surface area contributed by atoms with E-state index in [4.69, 9.17) is 14.4 Å². The van der Waals surface area contributed by atoms with Crippen LogP contribution in [-0.4, -0.2) is 6.10 Å². The van der Waals surface area contributed by atoms with E-state index in [0.717, 1.165) is 10.9 Å². The summed E-state index contributed by atoms with van der Waals surface area (Å²) in [4.78, 5) is 11.2. The largest absolute Gasteiger partial charge is 0.476 e. The molecule has 1 aromatic carbocycles. The SMILES string of the molecule is Cc1cc(=O)oc2cc(O[C@@H](C)C#N)ccc12. The molecule has 1 heterocycles. The lowest BCUT2D eigenvalue weighted by atomic mass is 10.1. The Morgan fingerprint density at radius 2 is 2.18 bits per heavy atom. The van der Waals surface area contributed by atoms with Gasteiger partial charge in [0, 0.05) is 17.5 Å². The highest BCUT2D eigenvalue weighted by atomic mass is 16.5. The fraction of sp³-hybridized carbons (Fsp3) is 0.231. The fourth-order valence-electron chi connectivity index (χ4n) is 1.61. The van der Waals surface area contributed by atoms with E-state index in [9.17, 15) is 4.79 Å². The van der Waals surface area contributed by atoms with Gasteiger partial charge in [0.05, 0.1) is 0 Å². The van der Waals surface area contributed by atoms with Crippen LogP contribution in [0.25, 0.3) is 11.0 Å². The van der Waals surface area contributed by atoms with Gasteiger partial charge in [-0.3, -0.25) is 0 Å². The van der Waals surface area contributed by atoms with Gasteiger partial charge < -0.3 is 9.15 Å². The summed E-state index contributed by atoms with van der Waals surface area (Å²) < 4.78 is 10.4. The molecule has 2 aromatic rings. The maximum absolute atomic E-state index is 11.2. The van der Waals surface area contributed by atoms with Gasteiger partial charge in [-0.1, -0.05) is 0 Å². The van der Waals surface area contributed by atoms with E-state index in [2.05, 4.69) is 0 Å². The Hall–Kier alpha value is -2.28. The van der Waals surface area contributed by atoms with Crippen molar-refractivity contribution in [3.8, 4) is 11.8 Å². The monoisotopic (exact) mass is 229 g/mol. The third kappa shape index (κ3) is 2.28. The molecule has 0 aliphatic rings. The first kappa shape index (κ1) is 11.2. The Balaban J connectivity index is 2.51. The van der Waals surface area contributed by atoms with E-state index in [0.29, 0.717) is 11.3 Å². The van der Waals surface area contributed by atoms with Gasteiger partial charge in [-0.25, -0.2) is 4.79 Å². The molecule has 1 aromatic heterocycles. The molecule has 1 atom stereocenters. The predicted octanol–water partition coefficient (Wildman–Crippen LogP) is 2.39. The standard InChI is InChI=1S/C13H11NO3/c1-8-5-13(15)17-12-6-10(3-4-11(8)12)16-9(2)7-14/h3-6,9H,1-2H3/t9-/m0/s1. The molecular weight excluding hydrogens is 218 g/mol. The molecule has 0 radical (unpaired) electrons. The summed E-state index contributed by atoms with van der Waals surface area (Å²) in [5.41, 5.74) is 0.939. The van der Waals surface area contributed by atoms with Crippen molar-refractivity contribution in [3.63, 3.8) is 0 Å². The molecule has 0 spiro atoms. The second-order valence-electron chi connectivity index (χ2n) is 3.80. The summed E-state index contributed by atoms with van der Waals surface area (Å²) in [6.45, 7) is 3.49. The summed E-state index contributed by atoms with van der Waals surface area (Å²) in [5.74, 6) is 0.514. The fourth-order valence-corrected chi connectivity index (χ4v) is 1.61. The molecule has 17 heavy (non-hydrogen) atoms. The van der Waals surface area contributed by atoms with Gasteiger partial charge in [0.1, 0.15) is 17.4 Å². The van der Waals surface area contributed by atoms with Gasteiger partial charge in [-0.15, -0.1) is 0 Å². The van der Waals surface area contributed by atoms with Crippen LogP contribution < -0.4 is 10.4 Å². The van der Waals surface area contributed by atoms with Crippen molar-refractivity contribution in [2.24, 2.45) is 0 Å². The van der Waals surface area contributed by atoms with E-state index in [1.54, 1.807) is 19.1 Å². The first-order valence-corrected chi connectivity index (χ1v) is 5.21. The van der Waals surface area contributed by atoms with Gasteiger partial charge >= 0.3 is 5.63 Å². The van der Waals surface area contributed by atoms with Crippen LogP contribution in [0.3, 0.4) is 0 Å². The number of hydrogen-bond acceptors (Lipinski definition) is 4. The van der Waals surface area contributed by atoms with E-state index in [1.165, 1.54) is 6.07 Å². The number of ether oxygens (including phenoxy) is 1. The number of aryl methyl sites for hydroxylation is 1. The molecule has 0 aliphatic carbocycles. The Morgan fingerprint density at radius 3 is 2.88 bits per heavy atom. The molecule has 0 saturated heterocycles. The Bertz CT molecular complexity index is 652. The quantitative estimate of drug-likeness (QED) is 0.742. The minimum atomic E-state index is -0.538. The van der Waals surface area contributed by atoms with Gasteiger partial charge in [0.25, 0.3) is 0 Å². The van der Waals surface area contributed by atoms with Crippen LogP contribution >= 0.6 is 0 Å². The Kier molecular flexibility index (Phi) is 2.84. The third-order valence-corrected chi connectivity index (χ3v) is 2.42. The Labute approximate surface area is 98.0 Å². The molecule has 0 amide bonds. The van der Waals surface area contributed by atoms with E-state index in [-0.39, 0.29) is 5.63 Å². The lowest BCUT2D eigenvalue weighted by Gasteiger charge is -2.08. The first-order valence-electron chi connectivity index (χ1n) is 5.21. The second kappa shape index (κ2) is 4.30. The lowest BCUT2D eigenvalue weighted by molar-refractivity contribution is 0.276. The molecule has 0 unspecified atom stereocenters. The zero-order chi connectivity index (χ0) is 12.4. The summed E-state index contributed by atoms with van der Waals surface area (Å²) in [5, 5.41) is 9.51. The maximum atomic E-state index is 11.2. The number of hydrogen-bond donors (Lipinski definition) is 0.